The zero-order valence-electron chi connectivity index (χ0n) is 19.9. The number of carbonyl (C=O) groups excluding carboxylic acids is 1. The van der Waals surface area contributed by atoms with Crippen molar-refractivity contribution in [3.05, 3.63) is 131 Å². The highest BCUT2D eigenvalue weighted by molar-refractivity contribution is 5.90. The van der Waals surface area contributed by atoms with Crippen molar-refractivity contribution in [2.24, 2.45) is 0 Å². The normalized spacial score (nSPS) is 12.7. The Bertz CT molecular complexity index is 1430. The second-order valence-electron chi connectivity index (χ2n) is 8.63. The maximum absolute atomic E-state index is 13.7. The minimum atomic E-state index is -4.57. The van der Waals surface area contributed by atoms with E-state index in [0.29, 0.717) is 16.9 Å². The second-order valence-corrected chi connectivity index (χ2v) is 8.63. The van der Waals surface area contributed by atoms with Crippen LogP contribution in [0, 0.1) is 18.3 Å². The van der Waals surface area contributed by atoms with Gasteiger partial charge in [-0.05, 0) is 72.1 Å². The molecule has 0 saturated carbocycles. The van der Waals surface area contributed by atoms with Gasteiger partial charge in [-0.25, -0.2) is 4.79 Å². The molecule has 4 aromatic rings. The Kier molecular flexibility index (Phi) is 7.25. The third kappa shape index (κ3) is 5.96. The van der Waals surface area contributed by atoms with Gasteiger partial charge in [0.25, 0.3) is 0 Å². The topological polar surface area (TPSA) is 77.8 Å². The molecule has 0 aliphatic carbocycles. The molecule has 3 aromatic carbocycles. The van der Waals surface area contributed by atoms with E-state index in [-0.39, 0.29) is 12.0 Å². The molecule has 1 aromatic heterocycles. The molecule has 0 saturated heterocycles. The Morgan fingerprint density at radius 2 is 1.62 bits per heavy atom. The van der Waals surface area contributed by atoms with Crippen LogP contribution in [0.1, 0.15) is 33.5 Å². The minimum absolute atomic E-state index is 0.145. The standard InChI is InChI=1S/C29H23F3N4O/c1-20-14-15-34-26(16-20)28(18-21-6-3-2-4-7-21,23-8-5-9-24(17-23)29(30,31)32)36-27(37)35-25-12-10-22(19-33)11-13-25/h2-17H,18H2,1H3,(H2,35,36,37). The van der Waals surface area contributed by atoms with Crippen LogP contribution in [0.25, 0.3) is 0 Å². The van der Waals surface area contributed by atoms with Crippen molar-refractivity contribution in [1.82, 2.24) is 10.3 Å². The molecule has 2 N–H and O–H groups in total. The molecule has 0 aliphatic heterocycles. The molecule has 0 radical (unpaired) electrons. The lowest BCUT2D eigenvalue weighted by Crippen LogP contribution is -2.50. The third-order valence-electron chi connectivity index (χ3n) is 5.95. The number of urea groups is 1. The lowest BCUT2D eigenvalue weighted by Gasteiger charge is -2.36. The highest BCUT2D eigenvalue weighted by Gasteiger charge is 2.40. The number of hydrogen-bond donors (Lipinski definition) is 2. The van der Waals surface area contributed by atoms with E-state index in [1.165, 1.54) is 6.07 Å². The molecular formula is C29H23F3N4O. The van der Waals surface area contributed by atoms with Crippen LogP contribution in [0.5, 0.6) is 0 Å². The fourth-order valence-corrected chi connectivity index (χ4v) is 4.14. The molecule has 4 rings (SSSR count). The van der Waals surface area contributed by atoms with E-state index >= 15 is 0 Å². The van der Waals surface area contributed by atoms with Gasteiger partial charge in [0, 0.05) is 18.3 Å². The van der Waals surface area contributed by atoms with Crippen molar-refractivity contribution >= 4 is 11.7 Å². The van der Waals surface area contributed by atoms with E-state index < -0.39 is 23.3 Å². The molecule has 1 unspecified atom stereocenters. The summed E-state index contributed by atoms with van der Waals surface area (Å²) < 4.78 is 41.2. The summed E-state index contributed by atoms with van der Waals surface area (Å²) in [5.74, 6) is 0. The third-order valence-corrected chi connectivity index (χ3v) is 5.95. The maximum Gasteiger partial charge on any atom is 0.416 e. The van der Waals surface area contributed by atoms with E-state index in [1.807, 2.05) is 43.3 Å². The molecule has 186 valence electrons. The number of nitriles is 1. The smallest absolute Gasteiger partial charge is 0.322 e. The van der Waals surface area contributed by atoms with E-state index in [0.717, 1.165) is 23.3 Å². The van der Waals surface area contributed by atoms with Gasteiger partial charge in [0.05, 0.1) is 22.9 Å². The number of rotatable bonds is 6. The number of benzene rings is 3. The summed E-state index contributed by atoms with van der Waals surface area (Å²) in [4.78, 5) is 17.8. The Morgan fingerprint density at radius 3 is 2.27 bits per heavy atom. The van der Waals surface area contributed by atoms with Crippen LogP contribution in [-0.2, 0) is 18.1 Å². The summed E-state index contributed by atoms with van der Waals surface area (Å²) in [5, 5.41) is 14.7. The highest BCUT2D eigenvalue weighted by atomic mass is 19.4. The minimum Gasteiger partial charge on any atom is -0.322 e. The fraction of sp³-hybridized carbons (Fsp3) is 0.138. The van der Waals surface area contributed by atoms with E-state index in [1.54, 1.807) is 48.7 Å². The Morgan fingerprint density at radius 1 is 0.919 bits per heavy atom. The highest BCUT2D eigenvalue weighted by Crippen LogP contribution is 2.37. The fourth-order valence-electron chi connectivity index (χ4n) is 4.14. The molecule has 2 amide bonds. The van der Waals surface area contributed by atoms with Crippen LogP contribution in [0.3, 0.4) is 0 Å². The lowest BCUT2D eigenvalue weighted by molar-refractivity contribution is -0.137. The zero-order valence-corrected chi connectivity index (χ0v) is 19.9. The number of halogens is 3. The van der Waals surface area contributed by atoms with Gasteiger partial charge in [-0.3, -0.25) is 4.98 Å². The lowest BCUT2D eigenvalue weighted by atomic mass is 9.79. The monoisotopic (exact) mass is 500 g/mol. The second kappa shape index (κ2) is 10.5. The van der Waals surface area contributed by atoms with Crippen LogP contribution < -0.4 is 10.6 Å². The van der Waals surface area contributed by atoms with Crippen LogP contribution in [-0.4, -0.2) is 11.0 Å². The molecule has 0 fully saturated rings. The van der Waals surface area contributed by atoms with Crippen molar-refractivity contribution in [3.8, 4) is 6.07 Å². The van der Waals surface area contributed by atoms with Gasteiger partial charge >= 0.3 is 12.2 Å². The summed E-state index contributed by atoms with van der Waals surface area (Å²) in [6.45, 7) is 1.85. The molecule has 1 atom stereocenters. The first kappa shape index (κ1) is 25.5. The molecule has 0 spiro atoms. The van der Waals surface area contributed by atoms with Gasteiger partial charge in [-0.1, -0.05) is 42.5 Å². The molecule has 8 heteroatoms. The van der Waals surface area contributed by atoms with E-state index in [2.05, 4.69) is 15.6 Å². The summed E-state index contributed by atoms with van der Waals surface area (Å²) in [6, 6.07) is 25.3. The summed E-state index contributed by atoms with van der Waals surface area (Å²) >= 11 is 0. The van der Waals surface area contributed by atoms with E-state index in [9.17, 15) is 18.0 Å². The molecule has 0 aliphatic rings. The van der Waals surface area contributed by atoms with E-state index in [4.69, 9.17) is 5.26 Å². The first-order chi connectivity index (χ1) is 17.7. The summed E-state index contributed by atoms with van der Waals surface area (Å²) in [6.07, 6.45) is -2.86. The number of carbonyl (C=O) groups is 1. The number of aryl methyl sites for hydroxylation is 1. The quantitative estimate of drug-likeness (QED) is 0.314. The van der Waals surface area contributed by atoms with Crippen LogP contribution in [0.4, 0.5) is 23.7 Å². The molecule has 1 heterocycles. The van der Waals surface area contributed by atoms with Gasteiger partial charge in [0.15, 0.2) is 0 Å². The summed E-state index contributed by atoms with van der Waals surface area (Å²) in [5.41, 5.74) is 0.842. The molecule has 5 nitrogen and oxygen atoms in total. The van der Waals surface area contributed by atoms with Crippen LogP contribution >= 0.6 is 0 Å². The first-order valence-corrected chi connectivity index (χ1v) is 11.4. The van der Waals surface area contributed by atoms with Crippen molar-refractivity contribution in [3.63, 3.8) is 0 Å². The Labute approximate surface area is 212 Å². The van der Waals surface area contributed by atoms with Crippen molar-refractivity contribution < 1.29 is 18.0 Å². The van der Waals surface area contributed by atoms with Crippen molar-refractivity contribution in [1.29, 1.82) is 5.26 Å². The summed E-state index contributed by atoms with van der Waals surface area (Å²) in [7, 11) is 0. The predicted molar refractivity (Wildman–Crippen MR) is 135 cm³/mol. The number of amides is 2. The van der Waals surface area contributed by atoms with Gasteiger partial charge in [-0.15, -0.1) is 0 Å². The number of hydrogen-bond acceptors (Lipinski definition) is 3. The Hall–Kier alpha value is -4.64. The average Bonchev–Trinajstić information content (AvgIpc) is 2.89. The maximum atomic E-state index is 13.7. The largest absolute Gasteiger partial charge is 0.416 e. The first-order valence-electron chi connectivity index (χ1n) is 11.4. The molecule has 0 bridgehead atoms. The predicted octanol–water partition coefficient (Wildman–Crippen LogP) is 6.59. The number of nitrogens with one attached hydrogen (secondary N) is 2. The number of alkyl halides is 3. The van der Waals surface area contributed by atoms with Crippen molar-refractivity contribution in [2.45, 2.75) is 25.1 Å². The van der Waals surface area contributed by atoms with Crippen LogP contribution in [0.15, 0.2) is 97.2 Å². The van der Waals surface area contributed by atoms with Gasteiger partial charge < -0.3 is 10.6 Å². The van der Waals surface area contributed by atoms with Crippen molar-refractivity contribution in [2.75, 3.05) is 5.32 Å². The van der Waals surface area contributed by atoms with Gasteiger partial charge in [-0.2, -0.15) is 18.4 Å². The van der Waals surface area contributed by atoms with Gasteiger partial charge in [0.2, 0.25) is 0 Å². The number of anilines is 1. The number of aromatic nitrogens is 1. The zero-order chi connectivity index (χ0) is 26.5. The molecular weight excluding hydrogens is 477 g/mol. The van der Waals surface area contributed by atoms with Gasteiger partial charge in [0.1, 0.15) is 5.54 Å². The van der Waals surface area contributed by atoms with Crippen LogP contribution in [0.2, 0.25) is 0 Å². The number of nitrogens with zero attached hydrogens (tertiary/aromatic N) is 2. The Balaban J connectivity index is 1.86. The SMILES string of the molecule is Cc1ccnc(C(Cc2ccccc2)(NC(=O)Nc2ccc(C#N)cc2)c2cccc(C(F)(F)F)c2)c1. The number of pyridine rings is 1. The molecule has 37 heavy (non-hydrogen) atoms. The average molecular weight is 501 g/mol.